The molecule has 0 N–H and O–H groups in total. The van der Waals surface area contributed by atoms with Crippen LogP contribution >= 0.6 is 22.7 Å². The topological polar surface area (TPSA) is 0 Å². The van der Waals surface area contributed by atoms with Crippen LogP contribution in [0.3, 0.4) is 0 Å². The van der Waals surface area contributed by atoms with Crippen molar-refractivity contribution in [3.05, 3.63) is 194 Å². The Morgan fingerprint density at radius 2 is 0.759 bits per heavy atom. The highest BCUT2D eigenvalue weighted by Gasteiger charge is 2.21. The van der Waals surface area contributed by atoms with Crippen molar-refractivity contribution in [1.82, 2.24) is 0 Å². The number of rotatable bonds is 3. The molecule has 268 valence electrons. The third-order valence-corrected chi connectivity index (χ3v) is 14.8. The SMILES string of the molecule is c1ccc2c(-c3c4ccccc4c(-c4ccc(-c5ccc6ccc7c(sc8ccc9sc%10ccccc%10c9c87)c6c5)c5ccccc45)c4ccccc34)cccc2c1. The van der Waals surface area contributed by atoms with Gasteiger partial charge in [0.25, 0.3) is 0 Å². The van der Waals surface area contributed by atoms with Gasteiger partial charge in [-0.05, 0) is 106 Å². The Labute approximate surface area is 342 Å². The Kier molecular flexibility index (Phi) is 6.86. The molecule has 0 bridgehead atoms. The second-order valence-corrected chi connectivity index (χ2v) is 17.6. The summed E-state index contributed by atoms with van der Waals surface area (Å²) in [4.78, 5) is 0. The summed E-state index contributed by atoms with van der Waals surface area (Å²) >= 11 is 3.83. The van der Waals surface area contributed by atoms with E-state index in [9.17, 15) is 0 Å². The molecule has 0 fully saturated rings. The van der Waals surface area contributed by atoms with E-state index in [4.69, 9.17) is 0 Å². The standard InChI is InChI=1S/C56H32S2/c1-2-14-36-33(12-1)13-11-22-40(36)52-41-17-5-7-19-43(41)53(44-20-8-6-18-42(44)52)45-29-28-37(38-15-3-4-16-39(38)45)35-25-24-34-26-27-47-55-51(58-56(47)48(34)32-35)31-30-50-54(55)46-21-9-10-23-49(46)57-50/h1-32H. The van der Waals surface area contributed by atoms with Crippen molar-refractivity contribution in [3.63, 3.8) is 0 Å². The summed E-state index contributed by atoms with van der Waals surface area (Å²) < 4.78 is 5.43. The smallest absolute Gasteiger partial charge is 0.0434 e. The molecule has 2 heterocycles. The minimum Gasteiger partial charge on any atom is -0.135 e. The molecule has 0 aliphatic carbocycles. The van der Waals surface area contributed by atoms with Gasteiger partial charge in [0.1, 0.15) is 0 Å². The van der Waals surface area contributed by atoms with Gasteiger partial charge >= 0.3 is 0 Å². The molecule has 0 saturated heterocycles. The molecule has 0 nitrogen and oxygen atoms in total. The van der Waals surface area contributed by atoms with Gasteiger partial charge in [-0.2, -0.15) is 0 Å². The van der Waals surface area contributed by atoms with E-state index in [0.29, 0.717) is 0 Å². The van der Waals surface area contributed by atoms with Crippen molar-refractivity contribution in [1.29, 1.82) is 0 Å². The fourth-order valence-electron chi connectivity index (χ4n) is 9.95. The first kappa shape index (κ1) is 32.3. The monoisotopic (exact) mass is 768 g/mol. The minimum atomic E-state index is 1.24. The maximum absolute atomic E-state index is 2.45. The zero-order valence-electron chi connectivity index (χ0n) is 31.3. The minimum absolute atomic E-state index is 1.24. The van der Waals surface area contributed by atoms with Gasteiger partial charge in [0.15, 0.2) is 0 Å². The Hall–Kier alpha value is -6.84. The lowest BCUT2D eigenvalue weighted by Gasteiger charge is -2.20. The van der Waals surface area contributed by atoms with E-state index in [0.717, 1.165) is 0 Å². The van der Waals surface area contributed by atoms with Crippen LogP contribution in [0, 0.1) is 0 Å². The number of benzene rings is 11. The first-order valence-corrected chi connectivity index (χ1v) is 21.6. The molecule has 0 spiro atoms. The van der Waals surface area contributed by atoms with Crippen molar-refractivity contribution < 1.29 is 0 Å². The fourth-order valence-corrected chi connectivity index (χ4v) is 12.3. The van der Waals surface area contributed by atoms with E-state index in [1.54, 1.807) is 0 Å². The van der Waals surface area contributed by atoms with Gasteiger partial charge in [0.2, 0.25) is 0 Å². The van der Waals surface area contributed by atoms with E-state index in [1.807, 2.05) is 22.7 Å². The average molecular weight is 769 g/mol. The molecule has 11 aromatic carbocycles. The van der Waals surface area contributed by atoms with E-state index in [2.05, 4.69) is 194 Å². The van der Waals surface area contributed by atoms with Crippen LogP contribution in [0.5, 0.6) is 0 Å². The van der Waals surface area contributed by atoms with Gasteiger partial charge in [-0.15, -0.1) is 22.7 Å². The van der Waals surface area contributed by atoms with Gasteiger partial charge < -0.3 is 0 Å². The van der Waals surface area contributed by atoms with E-state index < -0.39 is 0 Å². The van der Waals surface area contributed by atoms with Crippen molar-refractivity contribution in [2.75, 3.05) is 0 Å². The van der Waals surface area contributed by atoms with Gasteiger partial charge in [0, 0.05) is 45.7 Å². The zero-order chi connectivity index (χ0) is 37.9. The molecule has 0 unspecified atom stereocenters. The maximum Gasteiger partial charge on any atom is 0.0434 e. The molecule has 13 aromatic rings. The van der Waals surface area contributed by atoms with E-state index >= 15 is 0 Å². The Morgan fingerprint density at radius 1 is 0.259 bits per heavy atom. The van der Waals surface area contributed by atoms with Crippen LogP contribution in [0.2, 0.25) is 0 Å². The summed E-state index contributed by atoms with van der Waals surface area (Å²) in [6, 6.07) is 72.6. The zero-order valence-corrected chi connectivity index (χ0v) is 32.9. The molecular weight excluding hydrogens is 737 g/mol. The quantitative estimate of drug-likeness (QED) is 0.157. The molecule has 0 amide bonds. The first-order chi connectivity index (χ1) is 28.8. The molecule has 13 rings (SSSR count). The summed E-state index contributed by atoms with van der Waals surface area (Å²) in [6.07, 6.45) is 0. The van der Waals surface area contributed by atoms with Crippen LogP contribution in [-0.2, 0) is 0 Å². The summed E-state index contributed by atoms with van der Waals surface area (Å²) in [5.74, 6) is 0. The molecule has 2 heteroatoms. The molecule has 58 heavy (non-hydrogen) atoms. The lowest BCUT2D eigenvalue weighted by molar-refractivity contribution is 1.67. The molecule has 0 aliphatic rings. The van der Waals surface area contributed by atoms with Crippen LogP contribution in [0.1, 0.15) is 0 Å². The third-order valence-electron chi connectivity index (χ3n) is 12.5. The van der Waals surface area contributed by atoms with Crippen LogP contribution in [0.25, 0.3) is 128 Å². The third kappa shape index (κ3) is 4.56. The second kappa shape index (κ2) is 12.3. The molecule has 0 radical (unpaired) electrons. The van der Waals surface area contributed by atoms with E-state index in [-0.39, 0.29) is 0 Å². The predicted molar refractivity (Wildman–Crippen MR) is 256 cm³/mol. The second-order valence-electron chi connectivity index (χ2n) is 15.5. The molecule has 0 aliphatic heterocycles. The summed E-state index contributed by atoms with van der Waals surface area (Å²) in [7, 11) is 0. The van der Waals surface area contributed by atoms with Gasteiger partial charge in [-0.1, -0.05) is 170 Å². The van der Waals surface area contributed by atoms with Crippen LogP contribution in [0.15, 0.2) is 194 Å². The lowest BCUT2D eigenvalue weighted by atomic mass is 9.83. The summed E-state index contributed by atoms with van der Waals surface area (Å²) in [5, 5.41) is 18.2. The Morgan fingerprint density at radius 3 is 1.48 bits per heavy atom. The molecular formula is C56H32S2. The maximum atomic E-state index is 2.45. The highest BCUT2D eigenvalue weighted by atomic mass is 32.1. The Bertz CT molecular complexity index is 3800. The van der Waals surface area contributed by atoms with Gasteiger partial charge in [-0.25, -0.2) is 0 Å². The number of thiophene rings is 2. The molecule has 2 aromatic heterocycles. The van der Waals surface area contributed by atoms with Crippen LogP contribution in [0.4, 0.5) is 0 Å². The van der Waals surface area contributed by atoms with E-state index in [1.165, 1.54) is 128 Å². The predicted octanol–water partition coefficient (Wildman–Crippen LogP) is 17.2. The average Bonchev–Trinajstić information content (AvgIpc) is 3.86. The fraction of sp³-hybridized carbons (Fsp3) is 0. The highest BCUT2D eigenvalue weighted by molar-refractivity contribution is 7.28. The van der Waals surface area contributed by atoms with Gasteiger partial charge in [-0.3, -0.25) is 0 Å². The molecule has 0 atom stereocenters. The van der Waals surface area contributed by atoms with Crippen molar-refractivity contribution in [2.45, 2.75) is 0 Å². The number of hydrogen-bond donors (Lipinski definition) is 0. The van der Waals surface area contributed by atoms with Gasteiger partial charge in [0.05, 0.1) is 0 Å². The van der Waals surface area contributed by atoms with Crippen molar-refractivity contribution in [2.24, 2.45) is 0 Å². The molecule has 0 saturated carbocycles. The Balaban J connectivity index is 1.05. The highest BCUT2D eigenvalue weighted by Crippen LogP contribution is 2.49. The summed E-state index contributed by atoms with van der Waals surface area (Å²) in [6.45, 7) is 0. The normalized spacial score (nSPS) is 12.1. The number of hydrogen-bond acceptors (Lipinski definition) is 2. The van der Waals surface area contributed by atoms with Crippen LogP contribution in [-0.4, -0.2) is 0 Å². The number of fused-ring (bicyclic) bond motifs is 13. The summed E-state index contributed by atoms with van der Waals surface area (Å²) in [5.41, 5.74) is 7.62. The first-order valence-electron chi connectivity index (χ1n) is 19.9. The van der Waals surface area contributed by atoms with Crippen molar-refractivity contribution >= 4 is 117 Å². The van der Waals surface area contributed by atoms with Crippen LogP contribution < -0.4 is 0 Å². The van der Waals surface area contributed by atoms with Crippen molar-refractivity contribution in [3.8, 4) is 33.4 Å². The largest absolute Gasteiger partial charge is 0.135 e. The lowest BCUT2D eigenvalue weighted by Crippen LogP contribution is -1.93.